The highest BCUT2D eigenvalue weighted by Gasteiger charge is 2.20. The number of ether oxygens (including phenoxy) is 2. The third-order valence-electron chi connectivity index (χ3n) is 2.96. The van der Waals surface area contributed by atoms with Gasteiger partial charge in [-0.2, -0.15) is 0 Å². The maximum absolute atomic E-state index is 12.5. The van der Waals surface area contributed by atoms with Crippen LogP contribution in [-0.2, 0) is 0 Å². The summed E-state index contributed by atoms with van der Waals surface area (Å²) in [6, 6.07) is 10.7. The first-order valence-corrected chi connectivity index (χ1v) is 7.50. The average molecular weight is 401 g/mol. The van der Waals surface area contributed by atoms with Crippen molar-refractivity contribution in [3.05, 3.63) is 56.1 Å². The van der Waals surface area contributed by atoms with E-state index in [9.17, 15) is 4.79 Å². The lowest BCUT2D eigenvalue weighted by molar-refractivity contribution is 0.103. The van der Waals surface area contributed by atoms with Gasteiger partial charge in [0.2, 0.25) is 0 Å². The van der Waals surface area contributed by atoms with Crippen LogP contribution in [0.1, 0.15) is 15.9 Å². The molecule has 0 saturated carbocycles. The van der Waals surface area contributed by atoms with E-state index in [1.807, 2.05) is 18.2 Å². The zero-order valence-corrected chi connectivity index (χ0v) is 13.3. The number of carbonyl (C=O) groups excluding carboxylic acids is 1. The summed E-state index contributed by atoms with van der Waals surface area (Å²) in [5.41, 5.74) is 1.04. The lowest BCUT2D eigenvalue weighted by Crippen LogP contribution is -2.16. The van der Waals surface area contributed by atoms with Crippen LogP contribution in [0.3, 0.4) is 0 Å². The van der Waals surface area contributed by atoms with E-state index in [1.165, 1.54) is 0 Å². The summed E-state index contributed by atoms with van der Waals surface area (Å²) in [6.45, 7) is 0.971. The largest absolute Gasteiger partial charge is 0.486 e. The normalized spacial score (nSPS) is 13.1. The molecule has 20 heavy (non-hydrogen) atoms. The van der Waals surface area contributed by atoms with Gasteiger partial charge in [0.15, 0.2) is 17.3 Å². The third-order valence-corrected chi connectivity index (χ3v) is 3.95. The van der Waals surface area contributed by atoms with Crippen LogP contribution < -0.4 is 9.47 Å². The Balaban J connectivity index is 2.03. The Hall–Kier alpha value is -1.27. The number of benzene rings is 2. The molecule has 0 aromatic heterocycles. The summed E-state index contributed by atoms with van der Waals surface area (Å²) >= 11 is 8.36. The highest BCUT2D eigenvalue weighted by Crippen LogP contribution is 2.36. The van der Waals surface area contributed by atoms with E-state index >= 15 is 0 Å². The van der Waals surface area contributed by atoms with Crippen molar-refractivity contribution < 1.29 is 14.3 Å². The van der Waals surface area contributed by atoms with Crippen molar-refractivity contribution in [3.8, 4) is 11.5 Å². The van der Waals surface area contributed by atoms with E-state index in [0.717, 1.165) is 3.57 Å². The molecule has 0 spiro atoms. The Bertz CT molecular complexity index is 685. The number of rotatable bonds is 2. The Labute approximate surface area is 135 Å². The molecule has 1 heterocycles. The third kappa shape index (κ3) is 2.62. The van der Waals surface area contributed by atoms with Crippen LogP contribution in [0.5, 0.6) is 11.5 Å². The molecule has 0 radical (unpaired) electrons. The second kappa shape index (κ2) is 5.61. The molecular formula is C15H10ClIO3. The second-order valence-corrected chi connectivity index (χ2v) is 5.97. The van der Waals surface area contributed by atoms with Gasteiger partial charge >= 0.3 is 0 Å². The Kier molecular flexibility index (Phi) is 3.85. The summed E-state index contributed by atoms with van der Waals surface area (Å²) < 4.78 is 11.9. The van der Waals surface area contributed by atoms with E-state index < -0.39 is 0 Å². The first-order valence-electron chi connectivity index (χ1n) is 6.04. The highest BCUT2D eigenvalue weighted by atomic mass is 127. The number of ketones is 1. The second-order valence-electron chi connectivity index (χ2n) is 4.32. The smallest absolute Gasteiger partial charge is 0.194 e. The van der Waals surface area contributed by atoms with Crippen molar-refractivity contribution in [2.24, 2.45) is 0 Å². The van der Waals surface area contributed by atoms with Gasteiger partial charge in [-0.25, -0.2) is 0 Å². The zero-order chi connectivity index (χ0) is 14.1. The first-order chi connectivity index (χ1) is 9.65. The van der Waals surface area contributed by atoms with E-state index in [0.29, 0.717) is 40.9 Å². The Morgan fingerprint density at radius 1 is 1.10 bits per heavy atom. The lowest BCUT2D eigenvalue weighted by atomic mass is 10.0. The zero-order valence-electron chi connectivity index (χ0n) is 10.4. The van der Waals surface area contributed by atoms with Crippen molar-refractivity contribution in [3.63, 3.8) is 0 Å². The van der Waals surface area contributed by atoms with Crippen LogP contribution >= 0.6 is 34.2 Å². The van der Waals surface area contributed by atoms with Gasteiger partial charge in [0.1, 0.15) is 13.2 Å². The molecule has 0 amide bonds. The molecule has 1 aliphatic heterocycles. The predicted molar refractivity (Wildman–Crippen MR) is 85.0 cm³/mol. The first kappa shape index (κ1) is 13.7. The van der Waals surface area contributed by atoms with Crippen molar-refractivity contribution in [2.75, 3.05) is 13.2 Å². The minimum absolute atomic E-state index is 0.120. The molecular weight excluding hydrogens is 391 g/mol. The summed E-state index contributed by atoms with van der Waals surface area (Å²) in [5, 5.41) is 0.373. The SMILES string of the molecule is O=C(c1cccc(I)c1)c1cc2c(cc1Cl)OCCO2. The molecule has 0 aliphatic carbocycles. The highest BCUT2D eigenvalue weighted by molar-refractivity contribution is 14.1. The molecule has 3 rings (SSSR count). The lowest BCUT2D eigenvalue weighted by Gasteiger charge is -2.19. The monoisotopic (exact) mass is 400 g/mol. The molecule has 5 heteroatoms. The van der Waals surface area contributed by atoms with E-state index in [2.05, 4.69) is 22.6 Å². The van der Waals surface area contributed by atoms with E-state index in [4.69, 9.17) is 21.1 Å². The summed E-state index contributed by atoms with van der Waals surface area (Å²) in [6.07, 6.45) is 0. The standard InChI is InChI=1S/C15H10ClIO3/c16-12-8-14-13(19-4-5-20-14)7-11(12)15(18)9-2-1-3-10(17)6-9/h1-3,6-8H,4-5H2. The van der Waals surface area contributed by atoms with Gasteiger partial charge in [-0.15, -0.1) is 0 Å². The van der Waals surface area contributed by atoms with Crippen LogP contribution in [0.15, 0.2) is 36.4 Å². The molecule has 0 N–H and O–H groups in total. The number of halogens is 2. The van der Waals surface area contributed by atoms with Gasteiger partial charge in [-0.05, 0) is 40.8 Å². The number of fused-ring (bicyclic) bond motifs is 1. The summed E-state index contributed by atoms with van der Waals surface area (Å²) in [5.74, 6) is 1.03. The molecule has 0 fully saturated rings. The Morgan fingerprint density at radius 2 is 1.80 bits per heavy atom. The van der Waals surface area contributed by atoms with Crippen molar-refractivity contribution >= 4 is 40.0 Å². The van der Waals surface area contributed by atoms with Crippen LogP contribution in [0, 0.1) is 3.57 Å². The average Bonchev–Trinajstić information content (AvgIpc) is 2.46. The van der Waals surface area contributed by atoms with E-state index in [1.54, 1.807) is 18.2 Å². The quantitative estimate of drug-likeness (QED) is 0.566. The van der Waals surface area contributed by atoms with E-state index in [-0.39, 0.29) is 5.78 Å². The fraction of sp³-hybridized carbons (Fsp3) is 0.133. The minimum atomic E-state index is -0.120. The molecule has 0 saturated heterocycles. The van der Waals surface area contributed by atoms with Crippen LogP contribution in [0.4, 0.5) is 0 Å². The van der Waals surface area contributed by atoms with Crippen LogP contribution in [0.25, 0.3) is 0 Å². The van der Waals surface area contributed by atoms with Crippen molar-refractivity contribution in [1.82, 2.24) is 0 Å². The molecule has 2 aromatic carbocycles. The summed E-state index contributed by atoms with van der Waals surface area (Å²) in [4.78, 5) is 12.5. The maximum Gasteiger partial charge on any atom is 0.194 e. The molecule has 102 valence electrons. The van der Waals surface area contributed by atoms with Crippen LogP contribution in [-0.4, -0.2) is 19.0 Å². The van der Waals surface area contributed by atoms with Gasteiger partial charge in [0, 0.05) is 20.8 Å². The maximum atomic E-state index is 12.5. The molecule has 0 unspecified atom stereocenters. The van der Waals surface area contributed by atoms with Gasteiger partial charge in [0.25, 0.3) is 0 Å². The van der Waals surface area contributed by atoms with Crippen molar-refractivity contribution in [2.45, 2.75) is 0 Å². The predicted octanol–water partition coefficient (Wildman–Crippen LogP) is 3.95. The fourth-order valence-corrected chi connectivity index (χ4v) is 2.81. The number of carbonyl (C=O) groups is 1. The number of hydrogen-bond acceptors (Lipinski definition) is 3. The summed E-state index contributed by atoms with van der Waals surface area (Å²) in [7, 11) is 0. The molecule has 3 nitrogen and oxygen atoms in total. The van der Waals surface area contributed by atoms with Gasteiger partial charge in [0.05, 0.1) is 5.02 Å². The van der Waals surface area contributed by atoms with Crippen molar-refractivity contribution in [1.29, 1.82) is 0 Å². The van der Waals surface area contributed by atoms with Gasteiger partial charge in [-0.3, -0.25) is 4.79 Å². The topological polar surface area (TPSA) is 35.5 Å². The molecule has 2 aromatic rings. The van der Waals surface area contributed by atoms with Gasteiger partial charge in [-0.1, -0.05) is 23.7 Å². The number of hydrogen-bond donors (Lipinski definition) is 0. The Morgan fingerprint density at radius 3 is 2.50 bits per heavy atom. The fourth-order valence-electron chi connectivity index (χ4n) is 2.02. The minimum Gasteiger partial charge on any atom is -0.486 e. The van der Waals surface area contributed by atoms with Gasteiger partial charge < -0.3 is 9.47 Å². The molecule has 0 bridgehead atoms. The van der Waals surface area contributed by atoms with Crippen LogP contribution in [0.2, 0.25) is 5.02 Å². The molecule has 0 atom stereocenters. The molecule has 1 aliphatic rings.